The number of primary amides is 1. The molecule has 326 valence electrons. The smallest absolute Gasteiger partial charge is 0.293 e. The maximum atomic E-state index is 13.5. The molecule has 5 atom stereocenters. The molecule has 6 amide bonds. The Morgan fingerprint density at radius 2 is 1.42 bits per heavy atom. The molecule has 5 N–H and O–H groups in total. The number of likely N-dealkylation sites (tertiary alicyclic amines) is 3. The number of piperidine rings is 1. The summed E-state index contributed by atoms with van der Waals surface area (Å²) < 4.78 is 29.2. The summed E-state index contributed by atoms with van der Waals surface area (Å²) in [6.07, 6.45) is 5.45. The predicted octanol–water partition coefficient (Wildman–Crippen LogP) is 3.35. The number of nitrogens with zero attached hydrogens (tertiary/aromatic N) is 3. The molecule has 0 bridgehead atoms. The van der Waals surface area contributed by atoms with Crippen molar-refractivity contribution in [2.24, 2.45) is 5.73 Å². The number of benzene rings is 2. The number of ether oxygens (including phenoxy) is 1. The molecule has 0 aromatic heterocycles. The van der Waals surface area contributed by atoms with E-state index in [2.05, 4.69) is 16.0 Å². The van der Waals surface area contributed by atoms with Crippen LogP contribution in [0.2, 0.25) is 0 Å². The van der Waals surface area contributed by atoms with Gasteiger partial charge in [0.15, 0.2) is 0 Å². The normalized spacial score (nSPS) is 19.2. The Kier molecular flexibility index (Phi) is 21.7. The molecular weight excluding hydrogens is 768 g/mol. The van der Waals surface area contributed by atoms with Gasteiger partial charge in [0.05, 0.1) is 13.0 Å². The van der Waals surface area contributed by atoms with E-state index in [0.29, 0.717) is 57.3 Å². The van der Waals surface area contributed by atoms with Gasteiger partial charge < -0.3 is 41.1 Å². The second kappa shape index (κ2) is 25.8. The number of nitrogens with two attached hydrogens (primary N) is 1. The number of hydrogen-bond acceptors (Lipinski definition) is 9. The van der Waals surface area contributed by atoms with Gasteiger partial charge in [0, 0.05) is 37.4 Å². The monoisotopic (exact) mass is 829 g/mol. The Hall–Kier alpha value is -5.45. The minimum absolute atomic E-state index is 0.0149. The molecule has 3 fully saturated rings. The third-order valence-corrected chi connectivity index (χ3v) is 9.90. The number of hydrogen-bond donors (Lipinski definition) is 4. The maximum absolute atomic E-state index is 13.5. The second-order valence-electron chi connectivity index (χ2n) is 14.9. The van der Waals surface area contributed by atoms with Crippen LogP contribution >= 0.6 is 0 Å². The Morgan fingerprint density at radius 1 is 0.831 bits per heavy atom. The second-order valence-corrected chi connectivity index (χ2v) is 14.9. The molecule has 3 heterocycles. The summed E-state index contributed by atoms with van der Waals surface area (Å²) in [4.78, 5) is 87.4. The molecule has 3 aliphatic heterocycles. The standard InChI is InChI=1S/C24H38N4O6.C8H9NO.C7H6F2.C3H8N2O/c1-16-8-6-12-26(16)23(32)18(3)25-22(31)19-9-4-5-11-28(19)24(33)20-10-7-13-27(20)21(30)14-17(2)34-15-29;1-7-2-4-8(5-3-7)9-6-10;1-5-2-6(8)4-7(9)3-5;1-5-2-3(4)6/h15-20H,4-14H2,1-3H3,(H,25,31);2-6H,1H3,(H,9,10);2-4H,1H3;5H,2H2,1H3,(H2,4,6). The summed E-state index contributed by atoms with van der Waals surface area (Å²) in [5.74, 6) is -2.22. The average molecular weight is 830 g/mol. The SMILES string of the molecule is CC(CC(=O)N1CCCC1C(=O)N1CCCCC1C(=O)NC(C)C(=O)N1CCCC1C)OC=O.CNCC(N)=O.Cc1cc(F)cc(F)c1.Cc1ccc(NC=O)cc1. The van der Waals surface area contributed by atoms with Crippen LogP contribution in [0.25, 0.3) is 0 Å². The number of amides is 6. The summed E-state index contributed by atoms with van der Waals surface area (Å²) >= 11 is 0. The summed E-state index contributed by atoms with van der Waals surface area (Å²) in [5, 5.41) is 7.99. The summed E-state index contributed by atoms with van der Waals surface area (Å²) in [7, 11) is 1.67. The number of halogens is 2. The topological polar surface area (TPSA) is 201 Å². The fraction of sp³-hybridized carbons (Fsp3) is 0.548. The van der Waals surface area contributed by atoms with Crippen LogP contribution in [0, 0.1) is 25.5 Å². The highest BCUT2D eigenvalue weighted by Crippen LogP contribution is 2.26. The molecule has 3 aliphatic rings. The maximum Gasteiger partial charge on any atom is 0.293 e. The number of aryl methyl sites for hydroxylation is 2. The fourth-order valence-corrected chi connectivity index (χ4v) is 6.95. The minimum Gasteiger partial charge on any atom is -0.464 e. The molecule has 2 aromatic carbocycles. The van der Waals surface area contributed by atoms with Crippen LogP contribution < -0.4 is 21.7 Å². The molecule has 0 aliphatic carbocycles. The first-order valence-electron chi connectivity index (χ1n) is 19.9. The van der Waals surface area contributed by atoms with Crippen LogP contribution in [0.1, 0.15) is 83.3 Å². The predicted molar refractivity (Wildman–Crippen MR) is 218 cm³/mol. The average Bonchev–Trinajstić information content (AvgIpc) is 3.85. The lowest BCUT2D eigenvalue weighted by Gasteiger charge is -2.38. The lowest BCUT2D eigenvalue weighted by Crippen LogP contribution is -2.59. The Bertz CT molecular complexity index is 1650. The molecule has 2 aromatic rings. The van der Waals surface area contributed by atoms with Crippen LogP contribution in [-0.2, 0) is 38.3 Å². The molecule has 3 saturated heterocycles. The van der Waals surface area contributed by atoms with Crippen molar-refractivity contribution < 1.29 is 47.1 Å². The largest absolute Gasteiger partial charge is 0.464 e. The quantitative estimate of drug-likeness (QED) is 0.232. The summed E-state index contributed by atoms with van der Waals surface area (Å²) in [5.41, 5.74) is 7.33. The van der Waals surface area contributed by atoms with Crippen LogP contribution in [0.3, 0.4) is 0 Å². The first-order valence-corrected chi connectivity index (χ1v) is 19.9. The van der Waals surface area contributed by atoms with Crippen molar-refractivity contribution in [2.75, 3.05) is 38.5 Å². The van der Waals surface area contributed by atoms with E-state index in [1.165, 1.54) is 17.7 Å². The van der Waals surface area contributed by atoms with Gasteiger partial charge in [-0.05, 0) is 116 Å². The molecule has 17 heteroatoms. The first-order chi connectivity index (χ1) is 28.0. The van der Waals surface area contributed by atoms with Crippen molar-refractivity contribution in [1.29, 1.82) is 0 Å². The number of nitrogens with one attached hydrogen (secondary N) is 3. The number of carbonyl (C=O) groups is 7. The third-order valence-electron chi connectivity index (χ3n) is 9.90. The van der Waals surface area contributed by atoms with Crippen molar-refractivity contribution in [3.63, 3.8) is 0 Å². The molecule has 5 rings (SSSR count). The van der Waals surface area contributed by atoms with E-state index >= 15 is 0 Å². The highest BCUT2D eigenvalue weighted by atomic mass is 19.1. The van der Waals surface area contributed by atoms with E-state index in [4.69, 9.17) is 10.5 Å². The van der Waals surface area contributed by atoms with Crippen molar-refractivity contribution in [3.05, 3.63) is 65.2 Å². The minimum atomic E-state index is -0.657. The van der Waals surface area contributed by atoms with Gasteiger partial charge in [-0.1, -0.05) is 17.7 Å². The van der Waals surface area contributed by atoms with Gasteiger partial charge in [0.2, 0.25) is 35.9 Å². The molecule has 0 saturated carbocycles. The highest BCUT2D eigenvalue weighted by molar-refractivity contribution is 5.94. The van der Waals surface area contributed by atoms with Gasteiger partial charge in [-0.15, -0.1) is 0 Å². The zero-order valence-electron chi connectivity index (χ0n) is 35.0. The van der Waals surface area contributed by atoms with Gasteiger partial charge in [-0.25, -0.2) is 8.78 Å². The highest BCUT2D eigenvalue weighted by Gasteiger charge is 2.42. The molecule has 0 radical (unpaired) electrons. The van der Waals surface area contributed by atoms with Crippen molar-refractivity contribution in [2.45, 2.75) is 116 Å². The zero-order valence-corrected chi connectivity index (χ0v) is 35.0. The van der Waals surface area contributed by atoms with Crippen LogP contribution in [0.15, 0.2) is 42.5 Å². The Balaban J connectivity index is 0.000000384. The van der Waals surface area contributed by atoms with Crippen molar-refractivity contribution in [3.8, 4) is 0 Å². The first kappa shape index (κ1) is 49.7. The van der Waals surface area contributed by atoms with Crippen molar-refractivity contribution >= 4 is 48.1 Å². The van der Waals surface area contributed by atoms with Gasteiger partial charge in [-0.3, -0.25) is 33.6 Å². The van der Waals surface area contributed by atoms with Crippen molar-refractivity contribution in [1.82, 2.24) is 25.3 Å². The summed E-state index contributed by atoms with van der Waals surface area (Å²) in [6, 6.07) is 9.29. The van der Waals surface area contributed by atoms with E-state index in [1.54, 1.807) is 37.6 Å². The molecule has 5 unspecified atom stereocenters. The lowest BCUT2D eigenvalue weighted by atomic mass is 9.99. The zero-order chi connectivity index (χ0) is 44.1. The lowest BCUT2D eigenvalue weighted by molar-refractivity contribution is -0.151. The van der Waals surface area contributed by atoms with Crippen LogP contribution in [-0.4, -0.2) is 121 Å². The number of rotatable bonds is 12. The number of likely N-dealkylation sites (N-methyl/N-ethyl adjacent to an activating group) is 1. The Labute approximate surface area is 345 Å². The molecule has 59 heavy (non-hydrogen) atoms. The molecule has 15 nitrogen and oxygen atoms in total. The van der Waals surface area contributed by atoms with E-state index in [0.717, 1.165) is 37.4 Å². The number of anilines is 1. The molecular formula is C42H61F2N7O8. The Morgan fingerprint density at radius 3 is 1.95 bits per heavy atom. The van der Waals surface area contributed by atoms with E-state index in [1.807, 2.05) is 43.0 Å². The van der Waals surface area contributed by atoms with E-state index in [-0.39, 0.29) is 48.5 Å². The van der Waals surface area contributed by atoms with Gasteiger partial charge >= 0.3 is 0 Å². The van der Waals surface area contributed by atoms with Gasteiger partial charge in [0.1, 0.15) is 35.9 Å². The number of carbonyl (C=O) groups excluding carboxylic acids is 7. The van der Waals surface area contributed by atoms with E-state index in [9.17, 15) is 42.3 Å². The van der Waals surface area contributed by atoms with Crippen LogP contribution in [0.4, 0.5) is 14.5 Å². The van der Waals surface area contributed by atoms with Gasteiger partial charge in [0.25, 0.3) is 6.47 Å². The summed E-state index contributed by atoms with van der Waals surface area (Å²) in [6.45, 7) is 11.2. The van der Waals surface area contributed by atoms with Gasteiger partial charge in [-0.2, -0.15) is 0 Å². The fourth-order valence-electron chi connectivity index (χ4n) is 6.95. The van der Waals surface area contributed by atoms with Crippen LogP contribution in [0.5, 0.6) is 0 Å². The molecule has 0 spiro atoms. The third kappa shape index (κ3) is 17.1. The van der Waals surface area contributed by atoms with E-state index < -0.39 is 35.9 Å².